The van der Waals surface area contributed by atoms with Crippen LogP contribution < -0.4 is 5.32 Å². The Bertz CT molecular complexity index is 610. The molecule has 0 radical (unpaired) electrons. The third kappa shape index (κ3) is 4.84. The van der Waals surface area contributed by atoms with E-state index in [1.165, 1.54) is 0 Å². The van der Waals surface area contributed by atoms with Crippen molar-refractivity contribution in [1.82, 2.24) is 15.5 Å². The number of carbonyl (C=O) groups is 1. The van der Waals surface area contributed by atoms with Gasteiger partial charge in [-0.3, -0.25) is 4.79 Å². The summed E-state index contributed by atoms with van der Waals surface area (Å²) >= 11 is 5.84. The summed E-state index contributed by atoms with van der Waals surface area (Å²) < 4.78 is 5.18. The van der Waals surface area contributed by atoms with Crippen molar-refractivity contribution in [2.75, 3.05) is 0 Å². The van der Waals surface area contributed by atoms with Gasteiger partial charge in [-0.25, -0.2) is 0 Å². The highest BCUT2D eigenvalue weighted by Gasteiger charge is 2.12. The molecule has 2 rings (SSSR count). The molecule has 6 heteroatoms. The number of nitrogens with one attached hydrogen (secondary N) is 1. The summed E-state index contributed by atoms with van der Waals surface area (Å²) in [6, 6.07) is 7.40. The second kappa shape index (κ2) is 7.94. The minimum absolute atomic E-state index is 0.00666. The Morgan fingerprint density at radius 1 is 1.36 bits per heavy atom. The lowest BCUT2D eigenvalue weighted by Crippen LogP contribution is -2.32. The molecule has 5 nitrogen and oxygen atoms in total. The number of rotatable bonds is 7. The summed E-state index contributed by atoms with van der Waals surface area (Å²) in [4.78, 5) is 16.1. The van der Waals surface area contributed by atoms with Gasteiger partial charge in [0.25, 0.3) is 0 Å². The number of nitrogens with zero attached hydrogens (tertiary/aromatic N) is 2. The van der Waals surface area contributed by atoms with E-state index in [1.807, 2.05) is 19.1 Å². The van der Waals surface area contributed by atoms with Crippen LogP contribution in [0.15, 0.2) is 28.8 Å². The normalized spacial score (nSPS) is 12.1. The predicted octanol–water partition coefficient (Wildman–Crippen LogP) is 3.63. The van der Waals surface area contributed by atoms with Gasteiger partial charge < -0.3 is 9.84 Å². The van der Waals surface area contributed by atoms with Gasteiger partial charge in [-0.15, -0.1) is 0 Å². The van der Waals surface area contributed by atoms with Gasteiger partial charge in [0.05, 0.1) is 0 Å². The zero-order valence-electron chi connectivity index (χ0n) is 12.8. The van der Waals surface area contributed by atoms with Crippen LogP contribution in [-0.4, -0.2) is 22.1 Å². The largest absolute Gasteiger partial charge is 0.354 e. The fraction of sp³-hybridized carbons (Fsp3) is 0.438. The minimum Gasteiger partial charge on any atom is -0.354 e. The predicted molar refractivity (Wildman–Crippen MR) is 85.6 cm³/mol. The van der Waals surface area contributed by atoms with Gasteiger partial charge in [-0.1, -0.05) is 30.1 Å². The Morgan fingerprint density at radius 2 is 2.09 bits per heavy atom. The van der Waals surface area contributed by atoms with Crippen LogP contribution in [0, 0.1) is 0 Å². The second-order valence-electron chi connectivity index (χ2n) is 5.28. The maximum absolute atomic E-state index is 11.8. The molecule has 1 aromatic carbocycles. The topological polar surface area (TPSA) is 68.0 Å². The smallest absolute Gasteiger partial charge is 0.227 e. The van der Waals surface area contributed by atoms with Gasteiger partial charge in [-0.2, -0.15) is 4.98 Å². The van der Waals surface area contributed by atoms with Crippen LogP contribution in [0.2, 0.25) is 5.02 Å². The number of benzene rings is 1. The van der Waals surface area contributed by atoms with Gasteiger partial charge in [0, 0.05) is 29.5 Å². The second-order valence-corrected chi connectivity index (χ2v) is 5.71. The van der Waals surface area contributed by atoms with Crippen LogP contribution in [0.4, 0.5) is 0 Å². The fourth-order valence-electron chi connectivity index (χ4n) is 2.15. The molecule has 0 saturated heterocycles. The lowest BCUT2D eigenvalue weighted by atomic mass is 10.2. The Balaban J connectivity index is 1.87. The zero-order chi connectivity index (χ0) is 15.9. The first-order chi connectivity index (χ1) is 10.6. The van der Waals surface area contributed by atoms with Crippen molar-refractivity contribution in [1.29, 1.82) is 0 Å². The number of hydrogen-bond donors (Lipinski definition) is 1. The zero-order valence-corrected chi connectivity index (χ0v) is 13.6. The molecule has 2 aromatic rings. The molecule has 22 heavy (non-hydrogen) atoms. The van der Waals surface area contributed by atoms with Gasteiger partial charge in [0.1, 0.15) is 0 Å². The van der Waals surface area contributed by atoms with Crippen LogP contribution in [0.1, 0.15) is 39.0 Å². The van der Waals surface area contributed by atoms with E-state index in [9.17, 15) is 4.79 Å². The van der Waals surface area contributed by atoms with E-state index in [2.05, 4.69) is 22.4 Å². The van der Waals surface area contributed by atoms with Crippen molar-refractivity contribution >= 4 is 17.5 Å². The molecule has 0 aliphatic rings. The number of carbonyl (C=O) groups excluding carboxylic acids is 1. The maximum atomic E-state index is 11.8. The average molecular weight is 322 g/mol. The van der Waals surface area contributed by atoms with Gasteiger partial charge in [0.15, 0.2) is 0 Å². The van der Waals surface area contributed by atoms with Crippen molar-refractivity contribution in [3.63, 3.8) is 0 Å². The van der Waals surface area contributed by atoms with Crippen molar-refractivity contribution in [2.24, 2.45) is 0 Å². The summed E-state index contributed by atoms with van der Waals surface area (Å²) in [5.74, 6) is 0.974. The minimum atomic E-state index is 0.00666. The molecule has 1 atom stereocenters. The third-order valence-electron chi connectivity index (χ3n) is 3.27. The quantitative estimate of drug-likeness (QED) is 0.845. The number of aryl methyl sites for hydroxylation is 1. The molecular weight excluding hydrogens is 302 g/mol. The van der Waals surface area contributed by atoms with E-state index in [0.717, 1.165) is 18.4 Å². The maximum Gasteiger partial charge on any atom is 0.227 e. The SMILES string of the molecule is CCC[C@H](C)NC(=O)CCc1nc(-c2ccc(Cl)cc2)no1. The molecule has 0 bridgehead atoms. The standard InChI is InChI=1S/C16H20ClN3O2/c1-3-4-11(2)18-14(21)9-10-15-19-16(20-22-15)12-5-7-13(17)8-6-12/h5-8,11H,3-4,9-10H2,1-2H3,(H,18,21)/t11-/m0/s1. The molecule has 0 unspecified atom stereocenters. The molecule has 0 spiro atoms. The molecule has 0 aliphatic carbocycles. The molecule has 0 saturated carbocycles. The third-order valence-corrected chi connectivity index (χ3v) is 3.52. The summed E-state index contributed by atoms with van der Waals surface area (Å²) in [5, 5.41) is 7.53. The van der Waals surface area contributed by atoms with Gasteiger partial charge >= 0.3 is 0 Å². The highest BCUT2D eigenvalue weighted by molar-refractivity contribution is 6.30. The van der Waals surface area contributed by atoms with E-state index < -0.39 is 0 Å². The van der Waals surface area contributed by atoms with Gasteiger partial charge in [-0.05, 0) is 37.6 Å². The number of aromatic nitrogens is 2. The first kappa shape index (κ1) is 16.5. The van der Waals surface area contributed by atoms with E-state index in [1.54, 1.807) is 12.1 Å². The van der Waals surface area contributed by atoms with Gasteiger partial charge in [0.2, 0.25) is 17.6 Å². The molecule has 118 valence electrons. The molecule has 1 amide bonds. The number of halogens is 1. The van der Waals surface area contributed by atoms with Crippen LogP contribution in [0.25, 0.3) is 11.4 Å². The molecule has 0 fully saturated rings. The molecule has 0 aliphatic heterocycles. The Hall–Kier alpha value is -1.88. The lowest BCUT2D eigenvalue weighted by molar-refractivity contribution is -0.121. The summed E-state index contributed by atoms with van der Waals surface area (Å²) in [6.45, 7) is 4.10. The van der Waals surface area contributed by atoms with Crippen molar-refractivity contribution in [3.8, 4) is 11.4 Å². The molecule has 1 aromatic heterocycles. The Kier molecular flexibility index (Phi) is 5.95. The Morgan fingerprint density at radius 3 is 2.77 bits per heavy atom. The van der Waals surface area contributed by atoms with Crippen LogP contribution in [-0.2, 0) is 11.2 Å². The summed E-state index contributed by atoms with van der Waals surface area (Å²) in [5.41, 5.74) is 0.834. The molecule has 1 N–H and O–H groups in total. The monoisotopic (exact) mass is 321 g/mol. The Labute approximate surface area is 135 Å². The summed E-state index contributed by atoms with van der Waals surface area (Å²) in [7, 11) is 0. The first-order valence-electron chi connectivity index (χ1n) is 7.46. The van der Waals surface area contributed by atoms with Crippen LogP contribution in [0.3, 0.4) is 0 Å². The van der Waals surface area contributed by atoms with Crippen molar-refractivity contribution in [2.45, 2.75) is 45.6 Å². The lowest BCUT2D eigenvalue weighted by Gasteiger charge is -2.11. The van der Waals surface area contributed by atoms with Crippen molar-refractivity contribution < 1.29 is 9.32 Å². The van der Waals surface area contributed by atoms with Crippen molar-refractivity contribution in [3.05, 3.63) is 35.2 Å². The average Bonchev–Trinajstić information content (AvgIpc) is 2.95. The first-order valence-corrected chi connectivity index (χ1v) is 7.84. The summed E-state index contributed by atoms with van der Waals surface area (Å²) in [6.07, 6.45) is 2.81. The molecular formula is C16H20ClN3O2. The highest BCUT2D eigenvalue weighted by Crippen LogP contribution is 2.18. The number of amides is 1. The van der Waals surface area contributed by atoms with E-state index in [4.69, 9.17) is 16.1 Å². The van der Waals surface area contributed by atoms with Crippen LogP contribution in [0.5, 0.6) is 0 Å². The fourth-order valence-corrected chi connectivity index (χ4v) is 2.27. The van der Waals surface area contributed by atoms with E-state index >= 15 is 0 Å². The highest BCUT2D eigenvalue weighted by atomic mass is 35.5. The molecule has 1 heterocycles. The van der Waals surface area contributed by atoms with E-state index in [0.29, 0.717) is 29.6 Å². The van der Waals surface area contributed by atoms with Crippen LogP contribution >= 0.6 is 11.6 Å². The van der Waals surface area contributed by atoms with E-state index in [-0.39, 0.29) is 11.9 Å². The number of hydrogen-bond acceptors (Lipinski definition) is 4.